The molecule has 3 fully saturated rings. The number of aromatic nitrogens is 1. The van der Waals surface area contributed by atoms with Crippen LogP contribution in [0.3, 0.4) is 0 Å². The van der Waals surface area contributed by atoms with Gasteiger partial charge in [0.2, 0.25) is 0 Å². The Morgan fingerprint density at radius 1 is 1.12 bits per heavy atom. The number of piperazine rings is 1. The van der Waals surface area contributed by atoms with Crippen LogP contribution in [0.15, 0.2) is 40.5 Å². The molecule has 1 aromatic heterocycles. The number of benzene rings is 1. The Kier molecular flexibility index (Phi) is 9.65. The lowest BCUT2D eigenvalue weighted by Gasteiger charge is -2.33. The molecule has 3 heterocycles. The highest BCUT2D eigenvalue weighted by Crippen LogP contribution is 2.33. The zero-order valence-corrected chi connectivity index (χ0v) is 24.6. The number of carbonyl (C=O) groups excluding carboxylic acids is 2. The van der Waals surface area contributed by atoms with Gasteiger partial charge in [0.25, 0.3) is 5.91 Å². The Balaban J connectivity index is 1.21. The fraction of sp³-hybridized carbons (Fsp3) is 0.556. The molecule has 1 N–H and O–H groups in total. The Labute approximate surface area is 243 Å². The minimum Gasteiger partial charge on any atom is -0.465 e. The Morgan fingerprint density at radius 3 is 2.51 bits per heavy atom. The molecule has 14 heteroatoms. The summed E-state index contributed by atoms with van der Waals surface area (Å²) in [6.07, 6.45) is 3.52. The van der Waals surface area contributed by atoms with Gasteiger partial charge in [-0.05, 0) is 31.9 Å². The average Bonchev–Trinajstić information content (AvgIpc) is 3.54. The Morgan fingerprint density at radius 2 is 1.85 bits per heavy atom. The smallest absolute Gasteiger partial charge is 0.320 e. The topological polar surface area (TPSA) is 140 Å². The summed E-state index contributed by atoms with van der Waals surface area (Å²) in [5.74, 6) is -0.705. The van der Waals surface area contributed by atoms with E-state index in [1.165, 1.54) is 23.5 Å². The van der Waals surface area contributed by atoms with Crippen molar-refractivity contribution in [3.05, 3.63) is 40.9 Å². The fourth-order valence-electron chi connectivity index (χ4n) is 4.63. The monoisotopic (exact) mass is 605 g/mol. The van der Waals surface area contributed by atoms with Crippen molar-refractivity contribution in [2.24, 2.45) is 5.16 Å². The van der Waals surface area contributed by atoms with Crippen LogP contribution in [-0.4, -0.2) is 105 Å². The molecule has 0 bridgehead atoms. The highest BCUT2D eigenvalue weighted by molar-refractivity contribution is 7.92. The lowest BCUT2D eigenvalue weighted by atomic mass is 10.1. The highest BCUT2D eigenvalue weighted by Gasteiger charge is 2.37. The molecule has 2 aliphatic heterocycles. The molecule has 2 aromatic rings. The number of hydrogen-bond acceptors (Lipinski definition) is 12. The third-order valence-electron chi connectivity index (χ3n) is 7.09. The molecule has 0 radical (unpaired) electrons. The quantitative estimate of drug-likeness (QED) is 0.217. The van der Waals surface area contributed by atoms with Crippen molar-refractivity contribution in [3.8, 4) is 0 Å². The van der Waals surface area contributed by atoms with Gasteiger partial charge in [-0.15, -0.1) is 11.3 Å². The largest absolute Gasteiger partial charge is 0.465 e. The first-order chi connectivity index (χ1) is 19.8. The third-order valence-corrected chi connectivity index (χ3v) is 10.3. The molecule has 3 aliphatic rings. The number of amides is 1. The zero-order chi connectivity index (χ0) is 28.8. The van der Waals surface area contributed by atoms with E-state index in [9.17, 15) is 18.0 Å². The second-order valence-corrected chi connectivity index (χ2v) is 13.6. The van der Waals surface area contributed by atoms with E-state index in [1.54, 1.807) is 25.3 Å². The number of hydrogen-bond donors (Lipinski definition) is 1. The van der Waals surface area contributed by atoms with Crippen molar-refractivity contribution in [3.63, 3.8) is 0 Å². The predicted octanol–water partition coefficient (Wildman–Crippen LogP) is 1.91. The number of carbonyl (C=O) groups is 2. The number of thiazole rings is 1. The third kappa shape index (κ3) is 7.89. The van der Waals surface area contributed by atoms with E-state index >= 15 is 0 Å². The van der Waals surface area contributed by atoms with Gasteiger partial charge in [0, 0.05) is 55.8 Å². The predicted molar refractivity (Wildman–Crippen MR) is 153 cm³/mol. The normalized spacial score (nSPS) is 20.6. The molecular formula is C27H35N5O7S2. The van der Waals surface area contributed by atoms with Crippen molar-refractivity contribution in [1.82, 2.24) is 14.8 Å². The molecule has 1 amide bonds. The maximum absolute atomic E-state index is 13.3. The number of rotatable bonds is 12. The summed E-state index contributed by atoms with van der Waals surface area (Å²) in [6, 6.07) is 6.19. The zero-order valence-electron chi connectivity index (χ0n) is 23.0. The molecule has 0 spiro atoms. The van der Waals surface area contributed by atoms with Crippen LogP contribution < -0.4 is 5.32 Å². The number of anilines is 1. The lowest BCUT2D eigenvalue weighted by molar-refractivity contribution is -0.144. The SMILES string of the molecule is CCOC(=O)CN1CCN(Cc2cnc(NC(=O)C(=NO[C@@H]3CCOC3)c3ccc(S(=O)(=O)C4CC4)cc3)s2)CC1. The number of ether oxygens (including phenoxy) is 2. The van der Waals surface area contributed by atoms with Crippen LogP contribution in [0.4, 0.5) is 5.13 Å². The molecule has 1 aromatic carbocycles. The van der Waals surface area contributed by atoms with Crippen molar-refractivity contribution < 1.29 is 32.3 Å². The van der Waals surface area contributed by atoms with Gasteiger partial charge < -0.3 is 14.3 Å². The molecule has 12 nitrogen and oxygen atoms in total. The Bertz CT molecular complexity index is 1340. The molecule has 1 atom stereocenters. The molecule has 41 heavy (non-hydrogen) atoms. The number of oxime groups is 1. The van der Waals surface area contributed by atoms with E-state index in [-0.39, 0.29) is 27.9 Å². The number of esters is 1. The minimum absolute atomic E-state index is 0.0294. The molecule has 5 rings (SSSR count). The molecule has 2 saturated heterocycles. The van der Waals surface area contributed by atoms with Gasteiger partial charge in [0.15, 0.2) is 26.8 Å². The van der Waals surface area contributed by atoms with Crippen molar-refractivity contribution in [1.29, 1.82) is 0 Å². The highest BCUT2D eigenvalue weighted by atomic mass is 32.2. The molecular weight excluding hydrogens is 570 g/mol. The van der Waals surface area contributed by atoms with Crippen LogP contribution >= 0.6 is 11.3 Å². The van der Waals surface area contributed by atoms with Crippen molar-refractivity contribution in [2.45, 2.75) is 49.0 Å². The van der Waals surface area contributed by atoms with E-state index < -0.39 is 15.7 Å². The maximum atomic E-state index is 13.3. The van der Waals surface area contributed by atoms with Crippen LogP contribution in [0.1, 0.15) is 36.6 Å². The summed E-state index contributed by atoms with van der Waals surface area (Å²) >= 11 is 1.38. The van der Waals surface area contributed by atoms with Crippen molar-refractivity contribution >= 4 is 43.9 Å². The summed E-state index contributed by atoms with van der Waals surface area (Å²) in [7, 11) is -3.35. The van der Waals surface area contributed by atoms with Crippen LogP contribution in [0.2, 0.25) is 0 Å². The first-order valence-electron chi connectivity index (χ1n) is 13.8. The number of sulfone groups is 1. The van der Waals surface area contributed by atoms with E-state index in [0.29, 0.717) is 62.9 Å². The maximum Gasteiger partial charge on any atom is 0.320 e. The average molecular weight is 606 g/mol. The van der Waals surface area contributed by atoms with Gasteiger partial charge in [-0.3, -0.25) is 24.7 Å². The standard InChI is InChI=1S/C27H35N5O7S2/c1-2-38-24(33)17-32-12-10-31(11-13-32)16-21-15-28-27(40-21)29-26(34)25(30-39-20-9-14-37-18-20)19-3-5-22(6-4-19)41(35,36)23-7-8-23/h3-6,15,20,23H,2,7-14,16-18H2,1H3,(H,28,29,34)/t20-/m1/s1. The number of nitrogens with one attached hydrogen (secondary N) is 1. The van der Waals surface area contributed by atoms with Gasteiger partial charge in [-0.25, -0.2) is 13.4 Å². The molecule has 0 unspecified atom stereocenters. The van der Waals surface area contributed by atoms with Crippen LogP contribution in [0.25, 0.3) is 0 Å². The summed E-state index contributed by atoms with van der Waals surface area (Å²) in [4.78, 5) is 40.6. The van der Waals surface area contributed by atoms with Gasteiger partial charge in [-0.1, -0.05) is 17.3 Å². The van der Waals surface area contributed by atoms with E-state index in [2.05, 4.69) is 25.3 Å². The molecule has 1 aliphatic carbocycles. The minimum atomic E-state index is -3.35. The van der Waals surface area contributed by atoms with Crippen molar-refractivity contribution in [2.75, 3.05) is 57.9 Å². The van der Waals surface area contributed by atoms with Crippen LogP contribution in [0.5, 0.6) is 0 Å². The van der Waals surface area contributed by atoms with Crippen LogP contribution in [-0.2, 0) is 40.3 Å². The van der Waals surface area contributed by atoms with Gasteiger partial charge in [0.1, 0.15) is 0 Å². The fourth-order valence-corrected chi connectivity index (χ4v) is 7.14. The van der Waals surface area contributed by atoms with Crippen LogP contribution in [0, 0.1) is 0 Å². The molecule has 1 saturated carbocycles. The van der Waals surface area contributed by atoms with Gasteiger partial charge in [-0.2, -0.15) is 0 Å². The van der Waals surface area contributed by atoms with Gasteiger partial charge in [0.05, 0.1) is 36.5 Å². The molecule has 222 valence electrons. The second kappa shape index (κ2) is 13.4. The summed E-state index contributed by atoms with van der Waals surface area (Å²) in [6.45, 7) is 7.30. The van der Waals surface area contributed by atoms with E-state index in [0.717, 1.165) is 31.1 Å². The second-order valence-electron chi connectivity index (χ2n) is 10.2. The van der Waals surface area contributed by atoms with Gasteiger partial charge >= 0.3 is 5.97 Å². The summed E-state index contributed by atoms with van der Waals surface area (Å²) in [5, 5.41) is 7.08. The summed E-state index contributed by atoms with van der Waals surface area (Å²) in [5.41, 5.74) is 0.468. The first-order valence-corrected chi connectivity index (χ1v) is 16.2. The summed E-state index contributed by atoms with van der Waals surface area (Å²) < 4.78 is 35.6. The number of nitrogens with zero attached hydrogens (tertiary/aromatic N) is 4. The van der Waals surface area contributed by atoms with E-state index in [4.69, 9.17) is 14.3 Å². The van der Waals surface area contributed by atoms with E-state index in [1.807, 2.05) is 0 Å². The lowest BCUT2D eigenvalue weighted by Crippen LogP contribution is -2.47. The Hall–Kier alpha value is -2.91. The first kappa shape index (κ1) is 29.6.